The molecule has 0 saturated heterocycles. The number of anilines is 1. The number of methoxy groups -OCH3 is 1. The van der Waals surface area contributed by atoms with Crippen molar-refractivity contribution in [3.63, 3.8) is 0 Å². The summed E-state index contributed by atoms with van der Waals surface area (Å²) in [6.45, 7) is 2.19. The lowest BCUT2D eigenvalue weighted by Crippen LogP contribution is -2.02. The average Bonchev–Trinajstić information content (AvgIpc) is 2.32. The molecule has 2 aromatic heterocycles. The molecule has 0 atom stereocenters. The minimum absolute atomic E-state index is 0.285. The monoisotopic (exact) mass is 246 g/mol. The molecule has 0 aliphatic carbocycles. The van der Waals surface area contributed by atoms with Crippen molar-refractivity contribution in [1.29, 1.82) is 0 Å². The van der Waals surface area contributed by atoms with Crippen LogP contribution >= 0.6 is 0 Å². The molecule has 0 bridgehead atoms. The third kappa shape index (κ3) is 3.14. The van der Waals surface area contributed by atoms with Crippen LogP contribution in [0.15, 0.2) is 24.4 Å². The Morgan fingerprint density at radius 1 is 1.28 bits per heavy atom. The summed E-state index contributed by atoms with van der Waals surface area (Å²) < 4.78 is 10.5. The van der Waals surface area contributed by atoms with Gasteiger partial charge in [-0.1, -0.05) is 0 Å². The lowest BCUT2D eigenvalue weighted by molar-refractivity contribution is 0.177. The van der Waals surface area contributed by atoms with Crippen molar-refractivity contribution in [2.24, 2.45) is 0 Å². The predicted molar refractivity (Wildman–Crippen MR) is 66.2 cm³/mol. The second-order valence-corrected chi connectivity index (χ2v) is 3.72. The third-order valence-electron chi connectivity index (χ3n) is 2.15. The summed E-state index contributed by atoms with van der Waals surface area (Å²) in [6, 6.07) is 5.23. The Morgan fingerprint density at radius 3 is 2.78 bits per heavy atom. The number of hydrogen-bond acceptors (Lipinski definition) is 6. The van der Waals surface area contributed by atoms with Gasteiger partial charge in [-0.3, -0.25) is 4.98 Å². The van der Waals surface area contributed by atoms with Gasteiger partial charge in [0.25, 0.3) is 0 Å². The standard InChI is InChI=1S/C12H14N4O2/c1-8-3-4-9(6-14-8)18-12-5-10(13)15-11(16-12)7-17-2/h3-6H,7H2,1-2H3,(H2,13,15,16). The average molecular weight is 246 g/mol. The van der Waals surface area contributed by atoms with Crippen LogP contribution in [0.25, 0.3) is 0 Å². The van der Waals surface area contributed by atoms with Gasteiger partial charge in [0, 0.05) is 18.9 Å². The van der Waals surface area contributed by atoms with Gasteiger partial charge in [0.1, 0.15) is 18.2 Å². The van der Waals surface area contributed by atoms with Crippen molar-refractivity contribution >= 4 is 5.82 Å². The molecule has 0 unspecified atom stereocenters. The van der Waals surface area contributed by atoms with E-state index in [2.05, 4.69) is 15.0 Å². The van der Waals surface area contributed by atoms with Gasteiger partial charge >= 0.3 is 0 Å². The molecule has 0 spiro atoms. The van der Waals surface area contributed by atoms with E-state index >= 15 is 0 Å². The van der Waals surface area contributed by atoms with Gasteiger partial charge in [-0.05, 0) is 19.1 Å². The van der Waals surface area contributed by atoms with Crippen molar-refractivity contribution in [3.8, 4) is 11.6 Å². The largest absolute Gasteiger partial charge is 0.437 e. The van der Waals surface area contributed by atoms with Gasteiger partial charge in [0.15, 0.2) is 5.82 Å². The van der Waals surface area contributed by atoms with E-state index in [0.29, 0.717) is 23.3 Å². The maximum Gasteiger partial charge on any atom is 0.224 e. The molecule has 0 aliphatic heterocycles. The van der Waals surface area contributed by atoms with Crippen LogP contribution in [0.4, 0.5) is 5.82 Å². The molecule has 0 fully saturated rings. The maximum atomic E-state index is 5.67. The van der Waals surface area contributed by atoms with Crippen molar-refractivity contribution in [2.75, 3.05) is 12.8 Å². The van der Waals surface area contributed by atoms with Crippen LogP contribution < -0.4 is 10.5 Å². The molecular formula is C12H14N4O2. The highest BCUT2D eigenvalue weighted by molar-refractivity contribution is 5.35. The highest BCUT2D eigenvalue weighted by Crippen LogP contribution is 2.20. The number of pyridine rings is 1. The number of hydrogen-bond donors (Lipinski definition) is 1. The zero-order valence-electron chi connectivity index (χ0n) is 10.3. The van der Waals surface area contributed by atoms with E-state index in [4.69, 9.17) is 15.2 Å². The van der Waals surface area contributed by atoms with Crippen LogP contribution in [0.3, 0.4) is 0 Å². The first-order chi connectivity index (χ1) is 8.67. The van der Waals surface area contributed by atoms with Crippen LogP contribution in [-0.2, 0) is 11.3 Å². The Kier molecular flexibility index (Phi) is 3.69. The predicted octanol–water partition coefficient (Wildman–Crippen LogP) is 1.70. The van der Waals surface area contributed by atoms with E-state index < -0.39 is 0 Å². The van der Waals surface area contributed by atoms with E-state index in [1.807, 2.05) is 19.1 Å². The highest BCUT2D eigenvalue weighted by Gasteiger charge is 2.05. The first kappa shape index (κ1) is 12.3. The van der Waals surface area contributed by atoms with E-state index in [1.165, 1.54) is 0 Å². The number of ether oxygens (including phenoxy) is 2. The summed E-state index contributed by atoms with van der Waals surface area (Å²) in [5, 5.41) is 0. The Bertz CT molecular complexity index is 528. The molecule has 6 heteroatoms. The van der Waals surface area contributed by atoms with Gasteiger partial charge in [-0.2, -0.15) is 4.98 Å². The minimum atomic E-state index is 0.285. The number of rotatable bonds is 4. The summed E-state index contributed by atoms with van der Waals surface area (Å²) in [5.74, 6) is 1.79. The topological polar surface area (TPSA) is 83.2 Å². The summed E-state index contributed by atoms with van der Waals surface area (Å²) >= 11 is 0. The van der Waals surface area contributed by atoms with Crippen LogP contribution in [0.5, 0.6) is 11.6 Å². The Balaban J connectivity index is 2.20. The van der Waals surface area contributed by atoms with Crippen LogP contribution in [0, 0.1) is 6.92 Å². The number of nitrogens with two attached hydrogens (primary N) is 1. The lowest BCUT2D eigenvalue weighted by atomic mass is 10.4. The van der Waals surface area contributed by atoms with Crippen LogP contribution in [0.1, 0.15) is 11.5 Å². The molecule has 2 rings (SSSR count). The van der Waals surface area contributed by atoms with E-state index in [0.717, 1.165) is 5.69 Å². The van der Waals surface area contributed by atoms with Crippen molar-refractivity contribution < 1.29 is 9.47 Å². The second-order valence-electron chi connectivity index (χ2n) is 3.72. The first-order valence-corrected chi connectivity index (χ1v) is 5.40. The summed E-state index contributed by atoms with van der Waals surface area (Å²) in [6.07, 6.45) is 1.63. The fraction of sp³-hybridized carbons (Fsp3) is 0.250. The quantitative estimate of drug-likeness (QED) is 0.884. The molecule has 2 N–H and O–H groups in total. The summed E-state index contributed by atoms with van der Waals surface area (Å²) in [7, 11) is 1.57. The highest BCUT2D eigenvalue weighted by atomic mass is 16.5. The minimum Gasteiger partial charge on any atom is -0.437 e. The molecule has 94 valence electrons. The van der Waals surface area contributed by atoms with Crippen molar-refractivity contribution in [2.45, 2.75) is 13.5 Å². The zero-order valence-corrected chi connectivity index (χ0v) is 10.3. The smallest absolute Gasteiger partial charge is 0.224 e. The SMILES string of the molecule is COCc1nc(N)cc(Oc2ccc(C)nc2)n1. The number of nitrogens with zero attached hydrogens (tertiary/aromatic N) is 3. The Labute approximate surface area is 105 Å². The molecule has 0 aromatic carbocycles. The maximum absolute atomic E-state index is 5.67. The summed E-state index contributed by atoms with van der Waals surface area (Å²) in [4.78, 5) is 12.3. The Morgan fingerprint density at radius 2 is 2.11 bits per heavy atom. The van der Waals surface area contributed by atoms with E-state index in [9.17, 15) is 0 Å². The Hall–Kier alpha value is -2.21. The summed E-state index contributed by atoms with van der Waals surface area (Å²) in [5.41, 5.74) is 6.59. The van der Waals surface area contributed by atoms with Crippen LogP contribution in [0.2, 0.25) is 0 Å². The van der Waals surface area contributed by atoms with Gasteiger partial charge in [-0.15, -0.1) is 0 Å². The fourth-order valence-corrected chi connectivity index (χ4v) is 1.37. The normalized spacial score (nSPS) is 10.3. The van der Waals surface area contributed by atoms with Crippen molar-refractivity contribution in [3.05, 3.63) is 35.9 Å². The number of aryl methyl sites for hydroxylation is 1. The van der Waals surface area contributed by atoms with Gasteiger partial charge in [0.05, 0.1) is 6.20 Å². The molecular weight excluding hydrogens is 232 g/mol. The first-order valence-electron chi connectivity index (χ1n) is 5.40. The van der Waals surface area contributed by atoms with Gasteiger partial charge in [-0.25, -0.2) is 4.98 Å². The molecule has 6 nitrogen and oxygen atoms in total. The van der Waals surface area contributed by atoms with Gasteiger partial charge in [0.2, 0.25) is 5.88 Å². The van der Waals surface area contributed by atoms with Crippen LogP contribution in [-0.4, -0.2) is 22.1 Å². The molecule has 0 aliphatic rings. The second kappa shape index (κ2) is 5.42. The lowest BCUT2D eigenvalue weighted by Gasteiger charge is -2.07. The molecule has 18 heavy (non-hydrogen) atoms. The molecule has 0 saturated carbocycles. The molecule has 2 heterocycles. The molecule has 0 amide bonds. The molecule has 0 radical (unpaired) electrons. The van der Waals surface area contributed by atoms with Gasteiger partial charge < -0.3 is 15.2 Å². The van der Waals surface area contributed by atoms with Crippen molar-refractivity contribution in [1.82, 2.24) is 15.0 Å². The third-order valence-corrected chi connectivity index (χ3v) is 2.15. The van der Waals surface area contributed by atoms with E-state index in [1.54, 1.807) is 19.4 Å². The fourth-order valence-electron chi connectivity index (χ4n) is 1.37. The van der Waals surface area contributed by atoms with E-state index in [-0.39, 0.29) is 6.61 Å². The zero-order chi connectivity index (χ0) is 13.0. The number of aromatic nitrogens is 3. The number of nitrogen functional groups attached to an aromatic ring is 1. The molecule has 2 aromatic rings.